The van der Waals surface area contributed by atoms with Gasteiger partial charge >= 0.3 is 0 Å². The minimum absolute atomic E-state index is 0.190. The van der Waals surface area contributed by atoms with Gasteiger partial charge in [0, 0.05) is 11.3 Å². The summed E-state index contributed by atoms with van der Waals surface area (Å²) >= 11 is 1.42. The van der Waals surface area contributed by atoms with Crippen molar-refractivity contribution in [2.75, 3.05) is 0 Å². The summed E-state index contributed by atoms with van der Waals surface area (Å²) in [6.07, 6.45) is 0. The van der Waals surface area contributed by atoms with Gasteiger partial charge in [-0.3, -0.25) is 4.57 Å². The molecule has 0 saturated carbocycles. The first kappa shape index (κ1) is 16.3. The van der Waals surface area contributed by atoms with E-state index in [2.05, 4.69) is 66.5 Å². The van der Waals surface area contributed by atoms with E-state index in [0.717, 1.165) is 22.2 Å². The number of benzene rings is 2. The lowest BCUT2D eigenvalue weighted by atomic mass is 10.1. The lowest BCUT2D eigenvalue weighted by Crippen LogP contribution is -2.02. The zero-order chi connectivity index (χ0) is 17.1. The van der Waals surface area contributed by atoms with Crippen LogP contribution in [0.15, 0.2) is 53.7 Å². The molecule has 24 heavy (non-hydrogen) atoms. The largest absolute Gasteiger partial charge is 0.270 e. The number of aryl methyl sites for hydroxylation is 2. The van der Waals surface area contributed by atoms with Crippen molar-refractivity contribution in [1.82, 2.24) is 14.8 Å². The van der Waals surface area contributed by atoms with E-state index in [1.165, 1.54) is 22.9 Å². The standard InChI is InChI=1S/C19H18N4S/c1-13-4-8-16(9-5-13)18-21-22-19(24-15(3)12-20)23(18)17-10-6-14(2)7-11-17/h4-11,15H,1-3H3. The summed E-state index contributed by atoms with van der Waals surface area (Å²) in [5, 5.41) is 18.4. The molecule has 0 aliphatic carbocycles. The molecular formula is C19H18N4S. The van der Waals surface area contributed by atoms with Crippen LogP contribution < -0.4 is 0 Å². The fourth-order valence-electron chi connectivity index (χ4n) is 2.35. The van der Waals surface area contributed by atoms with Crippen LogP contribution >= 0.6 is 11.8 Å². The van der Waals surface area contributed by atoms with E-state index in [-0.39, 0.29) is 5.25 Å². The van der Waals surface area contributed by atoms with E-state index in [4.69, 9.17) is 5.26 Å². The maximum Gasteiger partial charge on any atom is 0.197 e. The molecule has 0 aliphatic heterocycles. The Kier molecular flexibility index (Phi) is 4.68. The van der Waals surface area contributed by atoms with Crippen LogP contribution in [0.25, 0.3) is 17.1 Å². The summed E-state index contributed by atoms with van der Waals surface area (Å²) in [6, 6.07) is 18.7. The van der Waals surface area contributed by atoms with Crippen molar-refractivity contribution < 1.29 is 0 Å². The molecule has 0 radical (unpaired) electrons. The van der Waals surface area contributed by atoms with Gasteiger partial charge in [-0.05, 0) is 32.9 Å². The monoisotopic (exact) mass is 334 g/mol. The molecule has 1 heterocycles. The zero-order valence-corrected chi connectivity index (χ0v) is 14.7. The molecule has 0 bridgehead atoms. The van der Waals surface area contributed by atoms with Crippen LogP contribution in [0.2, 0.25) is 0 Å². The lowest BCUT2D eigenvalue weighted by molar-refractivity contribution is 0.883. The van der Waals surface area contributed by atoms with Crippen molar-refractivity contribution >= 4 is 11.8 Å². The highest BCUT2D eigenvalue weighted by Gasteiger charge is 2.18. The first-order valence-corrected chi connectivity index (χ1v) is 8.62. The average molecular weight is 334 g/mol. The Morgan fingerprint density at radius 1 is 0.958 bits per heavy atom. The summed E-state index contributed by atoms with van der Waals surface area (Å²) in [5.74, 6) is 0.784. The normalized spacial score (nSPS) is 11.9. The number of hydrogen-bond donors (Lipinski definition) is 0. The Hall–Kier alpha value is -2.58. The summed E-state index contributed by atoms with van der Waals surface area (Å²) in [5.41, 5.74) is 4.40. The lowest BCUT2D eigenvalue weighted by Gasteiger charge is -2.11. The molecule has 2 aromatic carbocycles. The van der Waals surface area contributed by atoms with Crippen molar-refractivity contribution in [2.24, 2.45) is 0 Å². The number of hydrogen-bond acceptors (Lipinski definition) is 4. The molecule has 5 heteroatoms. The highest BCUT2D eigenvalue weighted by molar-refractivity contribution is 8.00. The zero-order valence-electron chi connectivity index (χ0n) is 13.9. The third-order valence-corrected chi connectivity index (χ3v) is 4.63. The maximum atomic E-state index is 9.12. The van der Waals surface area contributed by atoms with Gasteiger partial charge in [-0.25, -0.2) is 0 Å². The number of rotatable bonds is 4. The second kappa shape index (κ2) is 6.90. The predicted octanol–water partition coefficient (Wildman–Crippen LogP) is 4.56. The van der Waals surface area contributed by atoms with Gasteiger partial charge in [0.1, 0.15) is 0 Å². The van der Waals surface area contributed by atoms with E-state index in [9.17, 15) is 0 Å². The number of nitriles is 1. The molecule has 1 unspecified atom stereocenters. The van der Waals surface area contributed by atoms with Crippen LogP contribution in [0, 0.1) is 25.2 Å². The smallest absolute Gasteiger partial charge is 0.197 e. The van der Waals surface area contributed by atoms with Gasteiger partial charge in [-0.1, -0.05) is 59.3 Å². The SMILES string of the molecule is Cc1ccc(-c2nnc(SC(C)C#N)n2-c2ccc(C)cc2)cc1. The van der Waals surface area contributed by atoms with Gasteiger partial charge in [-0.15, -0.1) is 10.2 Å². The van der Waals surface area contributed by atoms with Crippen molar-refractivity contribution in [3.63, 3.8) is 0 Å². The molecule has 0 aliphatic rings. The number of nitrogens with zero attached hydrogens (tertiary/aromatic N) is 4. The third-order valence-electron chi connectivity index (χ3n) is 3.70. The Bertz CT molecular complexity index is 873. The molecule has 3 rings (SSSR count). The van der Waals surface area contributed by atoms with Crippen LogP contribution in [0.4, 0.5) is 0 Å². The highest BCUT2D eigenvalue weighted by Crippen LogP contribution is 2.30. The summed E-state index contributed by atoms with van der Waals surface area (Å²) in [6.45, 7) is 5.99. The average Bonchev–Trinajstić information content (AvgIpc) is 2.99. The number of aromatic nitrogens is 3. The Balaban J connectivity index is 2.14. The Labute approximate surface area is 146 Å². The van der Waals surface area contributed by atoms with Gasteiger partial charge < -0.3 is 0 Å². The second-order valence-electron chi connectivity index (χ2n) is 5.73. The van der Waals surface area contributed by atoms with Crippen molar-refractivity contribution in [3.8, 4) is 23.1 Å². The van der Waals surface area contributed by atoms with E-state index < -0.39 is 0 Å². The van der Waals surface area contributed by atoms with E-state index in [1.54, 1.807) is 0 Å². The molecular weight excluding hydrogens is 316 g/mol. The van der Waals surface area contributed by atoms with Crippen LogP contribution in [0.1, 0.15) is 18.1 Å². The Morgan fingerprint density at radius 3 is 2.12 bits per heavy atom. The molecule has 4 nitrogen and oxygen atoms in total. The minimum Gasteiger partial charge on any atom is -0.270 e. The van der Waals surface area contributed by atoms with Crippen LogP contribution in [-0.2, 0) is 0 Å². The molecule has 3 aromatic rings. The van der Waals surface area contributed by atoms with Crippen LogP contribution in [0.3, 0.4) is 0 Å². The molecule has 0 saturated heterocycles. The topological polar surface area (TPSA) is 54.5 Å². The Morgan fingerprint density at radius 2 is 1.54 bits per heavy atom. The molecule has 0 amide bonds. The molecule has 1 aromatic heterocycles. The van der Waals surface area contributed by atoms with E-state index in [1.807, 2.05) is 23.6 Å². The molecule has 0 fully saturated rings. The molecule has 0 N–H and O–H groups in total. The highest BCUT2D eigenvalue weighted by atomic mass is 32.2. The number of thioether (sulfide) groups is 1. The molecule has 120 valence electrons. The minimum atomic E-state index is -0.190. The first-order chi connectivity index (χ1) is 11.6. The fraction of sp³-hybridized carbons (Fsp3) is 0.211. The fourth-order valence-corrected chi connectivity index (χ4v) is 3.10. The van der Waals surface area contributed by atoms with Crippen molar-refractivity contribution in [1.29, 1.82) is 5.26 Å². The van der Waals surface area contributed by atoms with E-state index >= 15 is 0 Å². The second-order valence-corrected chi connectivity index (χ2v) is 7.04. The summed E-state index contributed by atoms with van der Waals surface area (Å²) in [4.78, 5) is 0. The van der Waals surface area contributed by atoms with Gasteiger partial charge in [0.05, 0.1) is 11.3 Å². The van der Waals surface area contributed by atoms with Gasteiger partial charge in [0.25, 0.3) is 0 Å². The third kappa shape index (κ3) is 3.34. The van der Waals surface area contributed by atoms with Gasteiger partial charge in [-0.2, -0.15) is 5.26 Å². The van der Waals surface area contributed by atoms with Crippen LogP contribution in [0.5, 0.6) is 0 Å². The van der Waals surface area contributed by atoms with Crippen LogP contribution in [-0.4, -0.2) is 20.0 Å². The molecule has 0 spiro atoms. The van der Waals surface area contributed by atoms with Crippen molar-refractivity contribution in [3.05, 3.63) is 59.7 Å². The quantitative estimate of drug-likeness (QED) is 0.657. The van der Waals surface area contributed by atoms with E-state index in [0.29, 0.717) is 0 Å². The first-order valence-electron chi connectivity index (χ1n) is 7.74. The molecule has 1 atom stereocenters. The maximum absolute atomic E-state index is 9.12. The van der Waals surface area contributed by atoms with Gasteiger partial charge in [0.15, 0.2) is 11.0 Å². The summed E-state index contributed by atoms with van der Waals surface area (Å²) < 4.78 is 2.02. The van der Waals surface area contributed by atoms with Gasteiger partial charge in [0.2, 0.25) is 0 Å². The van der Waals surface area contributed by atoms with Crippen molar-refractivity contribution in [2.45, 2.75) is 31.2 Å². The predicted molar refractivity (Wildman–Crippen MR) is 97.2 cm³/mol. The summed E-state index contributed by atoms with van der Waals surface area (Å²) in [7, 11) is 0.